The summed E-state index contributed by atoms with van der Waals surface area (Å²) in [4.78, 5) is 63.3. The van der Waals surface area contributed by atoms with Gasteiger partial charge >= 0.3 is 11.9 Å². The third-order valence-electron chi connectivity index (χ3n) is 16.8. The van der Waals surface area contributed by atoms with Crippen LogP contribution in [0.25, 0.3) is 32.7 Å². The van der Waals surface area contributed by atoms with Gasteiger partial charge in [0, 0.05) is 121 Å². The smallest absolute Gasteiger partial charge is 0.340 e. The van der Waals surface area contributed by atoms with E-state index in [-0.39, 0.29) is 42.0 Å². The maximum Gasteiger partial charge on any atom is 0.340 e. The zero-order valence-electron chi connectivity index (χ0n) is 39.4. The highest BCUT2D eigenvalue weighted by Crippen LogP contribution is 2.43. The van der Waals surface area contributed by atoms with Gasteiger partial charge in [-0.05, 0) is 83.7 Å². The zero-order chi connectivity index (χ0) is 46.6. The molecule has 14 nitrogen and oxygen atoms in total. The van der Waals surface area contributed by atoms with E-state index in [4.69, 9.17) is 9.47 Å². The average molecular weight is 921 g/mol. The predicted molar refractivity (Wildman–Crippen MR) is 260 cm³/mol. The molecule has 0 aliphatic carbocycles. The Morgan fingerprint density at radius 3 is 1.63 bits per heavy atom. The first-order chi connectivity index (χ1) is 33.0. The highest BCUT2D eigenvalue weighted by atomic mass is 16.5. The number of hydrogen-bond donors (Lipinski definition) is 3. The van der Waals surface area contributed by atoms with Crippen molar-refractivity contribution in [2.45, 2.75) is 138 Å². The molecule has 11 heterocycles. The van der Waals surface area contributed by atoms with Crippen LogP contribution in [0, 0.1) is 5.92 Å². The molecule has 356 valence electrons. The summed E-state index contributed by atoms with van der Waals surface area (Å²) in [7, 11) is 6.32. The molecular weight excluding hydrogens is 857 g/mol. The molecule has 11 atom stereocenters. The number of H-pyrrole nitrogens is 2. The van der Waals surface area contributed by atoms with Gasteiger partial charge in [0.1, 0.15) is 18.0 Å². The van der Waals surface area contributed by atoms with E-state index in [1.807, 2.05) is 79.8 Å². The van der Waals surface area contributed by atoms with Crippen molar-refractivity contribution in [1.29, 1.82) is 0 Å². The molecule has 0 spiro atoms. The third kappa shape index (κ3) is 8.64. The lowest BCUT2D eigenvalue weighted by atomic mass is 9.72. The number of aromatic nitrogens is 4. The van der Waals surface area contributed by atoms with E-state index in [1.165, 1.54) is 32.1 Å². The van der Waals surface area contributed by atoms with Crippen LogP contribution in [0.5, 0.6) is 0 Å². The van der Waals surface area contributed by atoms with Crippen molar-refractivity contribution in [1.82, 2.24) is 39.8 Å². The van der Waals surface area contributed by atoms with Crippen LogP contribution in [0.1, 0.15) is 115 Å². The number of ether oxygens (including phenoxy) is 2. The number of nitrogens with zero attached hydrogens (tertiary/aromatic N) is 5. The molecule has 0 radical (unpaired) electrons. The molecular formula is C54H64N8O6. The second-order valence-electron chi connectivity index (χ2n) is 20.7. The number of carbonyl (C=O) groups excluding carboxylic acids is 4. The van der Waals surface area contributed by atoms with Gasteiger partial charge < -0.3 is 34.6 Å². The highest BCUT2D eigenvalue weighted by Gasteiger charge is 2.49. The molecule has 8 bridgehead atoms. The fourth-order valence-corrected chi connectivity index (χ4v) is 13.2. The first kappa shape index (κ1) is 44.7. The minimum absolute atomic E-state index is 0.0329. The van der Waals surface area contributed by atoms with Crippen LogP contribution >= 0.6 is 0 Å². The summed E-state index contributed by atoms with van der Waals surface area (Å²) >= 11 is 0. The average Bonchev–Trinajstić information content (AvgIpc) is 4.09. The molecule has 1 unspecified atom stereocenters. The quantitative estimate of drug-likeness (QED) is 0.141. The summed E-state index contributed by atoms with van der Waals surface area (Å²) in [6.07, 6.45) is 17.5. The molecule has 8 aliphatic rings. The number of amides is 1. The van der Waals surface area contributed by atoms with Crippen LogP contribution in [0.3, 0.4) is 0 Å². The van der Waals surface area contributed by atoms with Crippen LogP contribution in [-0.4, -0.2) is 133 Å². The van der Waals surface area contributed by atoms with Crippen molar-refractivity contribution in [3.63, 3.8) is 0 Å². The Hall–Kier alpha value is -5.83. The van der Waals surface area contributed by atoms with Gasteiger partial charge in [-0.2, -0.15) is 5.10 Å². The molecule has 3 N–H and O–H groups in total. The van der Waals surface area contributed by atoms with Gasteiger partial charge in [0.25, 0.3) is 5.91 Å². The lowest BCUT2D eigenvalue weighted by Gasteiger charge is -2.54. The number of esters is 2. The molecule has 68 heavy (non-hydrogen) atoms. The van der Waals surface area contributed by atoms with Gasteiger partial charge in [-0.1, -0.05) is 61.0 Å². The number of aromatic amines is 2. The van der Waals surface area contributed by atoms with Gasteiger partial charge in [-0.25, -0.2) is 9.59 Å². The van der Waals surface area contributed by atoms with Crippen molar-refractivity contribution in [2.75, 3.05) is 20.6 Å². The molecule has 14 heteroatoms. The Labute approximate surface area is 397 Å². The Morgan fingerprint density at radius 2 is 1.09 bits per heavy atom. The largest absolute Gasteiger partial charge is 0.459 e. The molecule has 6 aromatic rings. The van der Waals surface area contributed by atoms with E-state index in [1.54, 1.807) is 17.1 Å². The van der Waals surface area contributed by atoms with Crippen LogP contribution in [0.4, 0.5) is 0 Å². The van der Waals surface area contributed by atoms with Crippen LogP contribution in [-0.2, 0) is 21.3 Å². The standard InChI is InChI=1S/C19H20N2O3.C18H24N4O.C17H20N2O2/c22-18-10-21-12-5-11(18)6-13(21)8-14(7-12)24-19(23)16-9-20-17-4-2-1-3-15(16)17;1-21-13-6-5-7-14(21)11-12(10-13)19-18(23)17-15-8-3-4-9-16(15)22(2)20-17;1-19-11-6-7-12(19)9-13(8-11)21-17(20)15-10-18-16-5-3-2-4-14(15)16/h1-4,9,11-14,20H,5-8,10H2;3-4,8-9,12-14H,5-7,10-11H2,1-2H3,(H,19,23);2-5,10-13,18H,6-9H2,1H3/t11-,12+,13-,14-;12-,13+,14-;11-,12+,13+. The van der Waals surface area contributed by atoms with Crippen LogP contribution < -0.4 is 5.32 Å². The van der Waals surface area contributed by atoms with Crippen molar-refractivity contribution >= 4 is 56.3 Å². The fourth-order valence-electron chi connectivity index (χ4n) is 13.2. The number of piperidine rings is 7. The topological polar surface area (TPSA) is 158 Å². The number of fused-ring (bicyclic) bond motifs is 8. The van der Waals surface area contributed by atoms with Gasteiger partial charge in [0.15, 0.2) is 5.69 Å². The van der Waals surface area contributed by atoms with Crippen LogP contribution in [0.15, 0.2) is 85.2 Å². The molecule has 3 aromatic carbocycles. The van der Waals surface area contributed by atoms with E-state index < -0.39 is 0 Å². The Balaban J connectivity index is 0.000000112. The molecule has 8 saturated heterocycles. The monoisotopic (exact) mass is 920 g/mol. The Bertz CT molecular complexity index is 2800. The van der Waals surface area contributed by atoms with Crippen molar-refractivity contribution in [3.05, 3.63) is 102 Å². The minimum Gasteiger partial charge on any atom is -0.459 e. The second-order valence-corrected chi connectivity index (χ2v) is 20.7. The molecule has 8 aliphatic heterocycles. The number of carbonyl (C=O) groups is 4. The van der Waals surface area contributed by atoms with Crippen molar-refractivity contribution in [3.8, 4) is 0 Å². The number of ketones is 1. The maximum atomic E-state index is 12.7. The van der Waals surface area contributed by atoms with Gasteiger partial charge in [-0.15, -0.1) is 0 Å². The summed E-state index contributed by atoms with van der Waals surface area (Å²) in [5.74, 6) is 0.177. The van der Waals surface area contributed by atoms with E-state index in [0.717, 1.165) is 84.1 Å². The summed E-state index contributed by atoms with van der Waals surface area (Å²) in [6.45, 7) is 0.600. The lowest BCUT2D eigenvalue weighted by molar-refractivity contribution is -0.145. The molecule has 3 aromatic heterocycles. The SMILES string of the molecule is CN1[C@@H]2CCC[C@H]1C[C@@H](NC(=O)c1nn(C)c3ccccc13)C2.CN1[C@@H]2CC[C@H]1C[C@@H](OC(=O)c1c[nH]c3ccccc13)C2.O=C(O[C@@H]1C[C@@H]2C[C@@H]3C[C@H](C1)N2CC3=O)c1c[nH]c2ccccc12. The van der Waals surface area contributed by atoms with Gasteiger partial charge in [0.05, 0.1) is 23.2 Å². The van der Waals surface area contributed by atoms with Crippen molar-refractivity contribution < 1.29 is 28.7 Å². The normalized spacial score (nSPS) is 30.6. The highest BCUT2D eigenvalue weighted by molar-refractivity contribution is 6.06. The minimum atomic E-state index is -0.242. The van der Waals surface area contributed by atoms with Crippen LogP contribution in [0.2, 0.25) is 0 Å². The number of benzene rings is 3. The summed E-state index contributed by atoms with van der Waals surface area (Å²) in [5, 5.41) is 10.5. The number of hydrogen-bond acceptors (Lipinski definition) is 10. The third-order valence-corrected chi connectivity index (χ3v) is 16.8. The van der Waals surface area contributed by atoms with E-state index in [0.29, 0.717) is 65.4 Å². The van der Waals surface area contributed by atoms with Crippen molar-refractivity contribution in [2.24, 2.45) is 13.0 Å². The Morgan fingerprint density at radius 1 is 0.603 bits per heavy atom. The summed E-state index contributed by atoms with van der Waals surface area (Å²) in [5.41, 5.74) is 4.74. The lowest BCUT2D eigenvalue weighted by Crippen LogP contribution is -2.63. The molecule has 8 fully saturated rings. The van der Waals surface area contributed by atoms with E-state index in [9.17, 15) is 19.2 Å². The molecule has 14 rings (SSSR count). The van der Waals surface area contributed by atoms with Gasteiger partial charge in [0.2, 0.25) is 0 Å². The molecule has 0 saturated carbocycles. The molecule has 1 amide bonds. The second kappa shape index (κ2) is 18.6. The van der Waals surface area contributed by atoms with E-state index in [2.05, 4.69) is 49.2 Å². The fraction of sp³-hybridized carbons (Fsp3) is 0.500. The zero-order valence-corrected chi connectivity index (χ0v) is 39.4. The summed E-state index contributed by atoms with van der Waals surface area (Å²) < 4.78 is 13.4. The Kier molecular flexibility index (Phi) is 12.2. The number of rotatable bonds is 6. The number of para-hydroxylation sites is 3. The number of nitrogens with one attached hydrogen (secondary N) is 3. The van der Waals surface area contributed by atoms with Gasteiger partial charge in [-0.3, -0.25) is 19.2 Å². The first-order valence-electron chi connectivity index (χ1n) is 25.0. The van der Waals surface area contributed by atoms with E-state index >= 15 is 0 Å². The predicted octanol–water partition coefficient (Wildman–Crippen LogP) is 7.79. The summed E-state index contributed by atoms with van der Waals surface area (Å²) in [6, 6.07) is 27.0. The maximum absolute atomic E-state index is 12.7. The number of Topliss-reactive ketones (excluding diaryl/α,β-unsaturated/α-hetero) is 1. The first-order valence-corrected chi connectivity index (χ1v) is 25.0. The number of aryl methyl sites for hydroxylation is 1.